The van der Waals surface area contributed by atoms with Crippen LogP contribution in [0.2, 0.25) is 0 Å². The van der Waals surface area contributed by atoms with Crippen molar-refractivity contribution in [2.75, 3.05) is 19.8 Å². The number of amides is 1. The standard InChI is InChI=1S/C32H39F2N5O3/c1-7-10-29(25(8-2)32(41)36-15-16-40)37-20(4)13-14-35-22(6)30-21(5)31(23-11-12-23)39(38-30)19-26-27(33)17-24(42-9-3)18-28(26)34/h7-8,10,13-14,17-18,23,37,40H,1,6,9,11-12,15-16,19H2,2-5H3,(H,36,41)/b20-13+,25-8+,29-10+,35-14?. The van der Waals surface area contributed by atoms with Gasteiger partial charge in [-0.05, 0) is 52.7 Å². The summed E-state index contributed by atoms with van der Waals surface area (Å²) in [4.78, 5) is 16.9. The molecule has 1 aliphatic rings. The van der Waals surface area contributed by atoms with Crippen LogP contribution in [0.1, 0.15) is 62.0 Å². The average molecular weight is 580 g/mol. The van der Waals surface area contributed by atoms with Crippen molar-refractivity contribution in [2.45, 2.75) is 53.0 Å². The number of carbonyl (C=O) groups excluding carboxylic acids is 1. The monoisotopic (exact) mass is 579 g/mol. The number of aliphatic hydroxyl groups is 1. The van der Waals surface area contributed by atoms with Gasteiger partial charge in [0.2, 0.25) is 0 Å². The molecule has 1 aromatic heterocycles. The first kappa shape index (κ1) is 32.2. The molecular formula is C32H39F2N5O3. The molecule has 224 valence electrons. The third-order valence-corrected chi connectivity index (χ3v) is 6.60. The smallest absolute Gasteiger partial charge is 0.253 e. The number of hydrogen-bond acceptors (Lipinski definition) is 6. The fraction of sp³-hybridized carbons (Fsp3) is 0.344. The molecular weight excluding hydrogens is 540 g/mol. The Morgan fingerprint density at radius 1 is 1.29 bits per heavy atom. The number of halogens is 2. The third kappa shape index (κ3) is 8.13. The SMILES string of the molecule is C=C/C=C(N/C(C)=C/C=NC(=C)c1nn(Cc2c(F)cc(OCC)cc2F)c(C2CC2)c1C)\C(=C/C)C(=O)NCCO. The molecule has 3 rings (SSSR count). The number of hydrogen-bond donors (Lipinski definition) is 3. The van der Waals surface area contributed by atoms with E-state index in [4.69, 9.17) is 9.84 Å². The molecule has 3 N–H and O–H groups in total. The fourth-order valence-corrected chi connectivity index (χ4v) is 4.51. The Balaban J connectivity index is 1.80. The minimum Gasteiger partial charge on any atom is -0.494 e. The topological polar surface area (TPSA) is 101 Å². The van der Waals surface area contributed by atoms with E-state index in [9.17, 15) is 13.6 Å². The van der Waals surface area contributed by atoms with Crippen molar-refractivity contribution in [3.05, 3.63) is 101 Å². The molecule has 1 fully saturated rings. The summed E-state index contributed by atoms with van der Waals surface area (Å²) in [6, 6.07) is 2.39. The van der Waals surface area contributed by atoms with E-state index in [0.717, 1.165) is 24.1 Å². The van der Waals surface area contributed by atoms with Crippen molar-refractivity contribution < 1.29 is 23.4 Å². The Morgan fingerprint density at radius 3 is 2.55 bits per heavy atom. The summed E-state index contributed by atoms with van der Waals surface area (Å²) in [5.41, 5.74) is 4.31. The summed E-state index contributed by atoms with van der Waals surface area (Å²) in [6.07, 6.45) is 10.2. The molecule has 2 aromatic rings. The predicted octanol–water partition coefficient (Wildman–Crippen LogP) is 5.45. The maximum Gasteiger partial charge on any atom is 0.253 e. The number of aliphatic hydroxyl groups excluding tert-OH is 1. The van der Waals surface area contributed by atoms with Crippen molar-refractivity contribution in [3.8, 4) is 5.75 Å². The van der Waals surface area contributed by atoms with Crippen LogP contribution in [0.3, 0.4) is 0 Å². The zero-order valence-electron chi connectivity index (χ0n) is 24.6. The fourth-order valence-electron chi connectivity index (χ4n) is 4.51. The van der Waals surface area contributed by atoms with Crippen LogP contribution >= 0.6 is 0 Å². The molecule has 0 bridgehead atoms. The first-order valence-electron chi connectivity index (χ1n) is 13.9. The van der Waals surface area contributed by atoms with Gasteiger partial charge in [0.15, 0.2) is 0 Å². The second-order valence-corrected chi connectivity index (χ2v) is 9.79. The van der Waals surface area contributed by atoms with Crippen LogP contribution in [0, 0.1) is 18.6 Å². The van der Waals surface area contributed by atoms with Crippen LogP contribution in [-0.2, 0) is 11.3 Å². The molecule has 0 unspecified atom stereocenters. The zero-order valence-corrected chi connectivity index (χ0v) is 24.6. The van der Waals surface area contributed by atoms with E-state index in [-0.39, 0.29) is 42.8 Å². The lowest BCUT2D eigenvalue weighted by molar-refractivity contribution is -0.117. The summed E-state index contributed by atoms with van der Waals surface area (Å²) in [7, 11) is 0. The molecule has 1 aliphatic carbocycles. The molecule has 1 amide bonds. The summed E-state index contributed by atoms with van der Waals surface area (Å²) in [5, 5.41) is 19.5. The first-order chi connectivity index (χ1) is 20.1. The van der Waals surface area contributed by atoms with Gasteiger partial charge in [-0.1, -0.05) is 25.3 Å². The number of allylic oxidation sites excluding steroid dienone is 5. The summed E-state index contributed by atoms with van der Waals surface area (Å²) in [5.74, 6) is -1.28. The Labute approximate surface area is 245 Å². The molecule has 1 heterocycles. The van der Waals surface area contributed by atoms with Gasteiger partial charge < -0.3 is 20.5 Å². The maximum atomic E-state index is 14.8. The number of nitrogens with zero attached hydrogens (tertiary/aromatic N) is 3. The van der Waals surface area contributed by atoms with Gasteiger partial charge >= 0.3 is 0 Å². The minimum atomic E-state index is -0.684. The summed E-state index contributed by atoms with van der Waals surface area (Å²) >= 11 is 0. The number of benzene rings is 1. The normalized spacial score (nSPS) is 14.3. The highest BCUT2D eigenvalue weighted by Crippen LogP contribution is 2.43. The van der Waals surface area contributed by atoms with E-state index in [2.05, 4.69) is 33.9 Å². The van der Waals surface area contributed by atoms with Gasteiger partial charge in [-0.25, -0.2) is 8.78 Å². The van der Waals surface area contributed by atoms with Gasteiger partial charge in [0.25, 0.3) is 5.91 Å². The van der Waals surface area contributed by atoms with Gasteiger partial charge in [0.1, 0.15) is 23.1 Å². The van der Waals surface area contributed by atoms with Crippen LogP contribution in [0.25, 0.3) is 5.70 Å². The molecule has 42 heavy (non-hydrogen) atoms. The van der Waals surface area contributed by atoms with Gasteiger partial charge in [-0.2, -0.15) is 5.10 Å². The Bertz CT molecular complexity index is 1430. The van der Waals surface area contributed by atoms with Crippen LogP contribution in [0.15, 0.2) is 71.6 Å². The van der Waals surface area contributed by atoms with Crippen molar-refractivity contribution in [3.63, 3.8) is 0 Å². The van der Waals surface area contributed by atoms with Gasteiger partial charge in [-0.15, -0.1) is 0 Å². The van der Waals surface area contributed by atoms with E-state index in [0.29, 0.717) is 35.0 Å². The van der Waals surface area contributed by atoms with Crippen molar-refractivity contribution >= 4 is 17.8 Å². The Kier molecular flexibility index (Phi) is 11.6. The second kappa shape index (κ2) is 15.1. The largest absolute Gasteiger partial charge is 0.494 e. The molecule has 10 heteroatoms. The molecule has 0 atom stereocenters. The van der Waals surface area contributed by atoms with E-state index >= 15 is 0 Å². The van der Waals surface area contributed by atoms with Crippen LogP contribution in [0.5, 0.6) is 5.75 Å². The summed E-state index contributed by atoms with van der Waals surface area (Å²) in [6.45, 7) is 15.3. The average Bonchev–Trinajstić information content (AvgIpc) is 3.72. The zero-order chi connectivity index (χ0) is 30.8. The Morgan fingerprint density at radius 2 is 1.98 bits per heavy atom. The second-order valence-electron chi connectivity index (χ2n) is 9.79. The van der Waals surface area contributed by atoms with Crippen LogP contribution in [-0.4, -0.2) is 46.8 Å². The highest BCUT2D eigenvalue weighted by Gasteiger charge is 2.32. The lowest BCUT2D eigenvalue weighted by Crippen LogP contribution is -2.30. The maximum absolute atomic E-state index is 14.8. The first-order valence-corrected chi connectivity index (χ1v) is 13.9. The molecule has 0 spiro atoms. The number of rotatable bonds is 15. The van der Waals surface area contributed by atoms with Crippen LogP contribution in [0.4, 0.5) is 8.78 Å². The number of carbonyl (C=O) groups is 1. The lowest BCUT2D eigenvalue weighted by Gasteiger charge is -2.14. The van der Waals surface area contributed by atoms with Crippen LogP contribution < -0.4 is 15.4 Å². The third-order valence-electron chi connectivity index (χ3n) is 6.60. The molecule has 0 saturated heterocycles. The van der Waals surface area contributed by atoms with E-state index in [1.54, 1.807) is 49.0 Å². The van der Waals surface area contributed by atoms with Gasteiger partial charge in [0.05, 0.1) is 36.7 Å². The molecule has 1 saturated carbocycles. The number of aromatic nitrogens is 2. The van der Waals surface area contributed by atoms with E-state index in [1.165, 1.54) is 12.1 Å². The van der Waals surface area contributed by atoms with E-state index < -0.39 is 11.6 Å². The molecule has 0 radical (unpaired) electrons. The quantitative estimate of drug-likeness (QED) is 0.148. The van der Waals surface area contributed by atoms with E-state index in [1.807, 2.05) is 13.8 Å². The highest BCUT2D eigenvalue weighted by molar-refractivity contribution is 5.97. The number of ether oxygens (including phenoxy) is 1. The van der Waals surface area contributed by atoms with Gasteiger partial charge in [0, 0.05) is 53.3 Å². The Hall–Kier alpha value is -4.31. The van der Waals surface area contributed by atoms with Crippen molar-refractivity contribution in [2.24, 2.45) is 4.99 Å². The minimum absolute atomic E-state index is 0.0613. The lowest BCUT2D eigenvalue weighted by atomic mass is 10.1. The van der Waals surface area contributed by atoms with Crippen molar-refractivity contribution in [1.29, 1.82) is 0 Å². The molecule has 1 aromatic carbocycles. The predicted molar refractivity (Wildman–Crippen MR) is 162 cm³/mol. The molecule has 8 nitrogen and oxygen atoms in total. The number of nitrogens with one attached hydrogen (secondary N) is 2. The molecule has 0 aliphatic heterocycles. The summed E-state index contributed by atoms with van der Waals surface area (Å²) < 4.78 is 36.6. The van der Waals surface area contributed by atoms with Crippen molar-refractivity contribution in [1.82, 2.24) is 20.4 Å². The van der Waals surface area contributed by atoms with Gasteiger partial charge in [-0.3, -0.25) is 14.5 Å². The highest BCUT2D eigenvalue weighted by atomic mass is 19.1. The number of aliphatic imine (C=N–C) groups is 1.